The molecule has 0 radical (unpaired) electrons. The number of benzene rings is 1. The zero-order chi connectivity index (χ0) is 18.0. The van der Waals surface area contributed by atoms with Crippen LogP contribution in [0, 0.1) is 17.0 Å². The summed E-state index contributed by atoms with van der Waals surface area (Å²) in [4.78, 5) is 37.4. The lowest BCUT2D eigenvalue weighted by Gasteiger charge is -2.25. The maximum atomic E-state index is 12.8. The number of carbonyl (C=O) groups excluding carboxylic acids is 2. The maximum absolute atomic E-state index is 12.8. The highest BCUT2D eigenvalue weighted by atomic mass is 16.6. The first-order chi connectivity index (χ1) is 12.0. The van der Waals surface area contributed by atoms with Gasteiger partial charge in [-0.05, 0) is 44.7 Å². The molecule has 1 atom stereocenters. The van der Waals surface area contributed by atoms with Gasteiger partial charge in [0.2, 0.25) is 5.91 Å². The van der Waals surface area contributed by atoms with Crippen LogP contribution in [-0.4, -0.2) is 40.3 Å². The lowest BCUT2D eigenvalue weighted by Crippen LogP contribution is -2.48. The minimum Gasteiger partial charge on any atom is -0.352 e. The zero-order valence-electron chi connectivity index (χ0n) is 14.4. The van der Waals surface area contributed by atoms with E-state index in [1.807, 2.05) is 0 Å². The first-order valence-corrected chi connectivity index (χ1v) is 8.84. The smallest absolute Gasteiger partial charge is 0.272 e. The van der Waals surface area contributed by atoms with Crippen LogP contribution in [0.2, 0.25) is 0 Å². The number of rotatable bonds is 4. The molecule has 1 heterocycles. The van der Waals surface area contributed by atoms with Crippen LogP contribution in [0.15, 0.2) is 18.2 Å². The summed E-state index contributed by atoms with van der Waals surface area (Å²) in [5.74, 6) is -0.307. The maximum Gasteiger partial charge on any atom is 0.272 e. The molecule has 2 aliphatic rings. The number of carbonyl (C=O) groups is 2. The Balaban J connectivity index is 1.73. The molecule has 1 aliphatic carbocycles. The number of nitrogens with zero attached hydrogens (tertiary/aromatic N) is 2. The van der Waals surface area contributed by atoms with E-state index in [-0.39, 0.29) is 23.5 Å². The monoisotopic (exact) mass is 345 g/mol. The van der Waals surface area contributed by atoms with Crippen molar-refractivity contribution in [1.29, 1.82) is 0 Å². The van der Waals surface area contributed by atoms with Gasteiger partial charge in [0.1, 0.15) is 6.04 Å². The molecule has 0 spiro atoms. The van der Waals surface area contributed by atoms with Crippen molar-refractivity contribution in [2.24, 2.45) is 0 Å². The fourth-order valence-electron chi connectivity index (χ4n) is 3.81. The largest absolute Gasteiger partial charge is 0.352 e. The van der Waals surface area contributed by atoms with E-state index in [1.54, 1.807) is 11.8 Å². The van der Waals surface area contributed by atoms with E-state index in [0.717, 1.165) is 32.1 Å². The molecule has 1 saturated carbocycles. The minimum atomic E-state index is -0.461. The van der Waals surface area contributed by atoms with Crippen molar-refractivity contribution < 1.29 is 14.5 Å². The summed E-state index contributed by atoms with van der Waals surface area (Å²) >= 11 is 0. The Labute approximate surface area is 146 Å². The Hall–Kier alpha value is -2.44. The molecular formula is C18H23N3O4. The molecule has 2 amide bonds. The highest BCUT2D eigenvalue weighted by Gasteiger charge is 2.35. The molecule has 1 aromatic rings. The molecule has 1 saturated heterocycles. The normalized spacial score (nSPS) is 20.7. The van der Waals surface area contributed by atoms with Gasteiger partial charge in [0.05, 0.1) is 4.92 Å². The van der Waals surface area contributed by atoms with Crippen molar-refractivity contribution in [3.05, 3.63) is 39.4 Å². The minimum absolute atomic E-state index is 0.00602. The van der Waals surface area contributed by atoms with Gasteiger partial charge >= 0.3 is 0 Å². The average molecular weight is 345 g/mol. The number of nitro groups is 1. The van der Waals surface area contributed by atoms with Crippen LogP contribution < -0.4 is 5.32 Å². The first kappa shape index (κ1) is 17.4. The number of likely N-dealkylation sites (tertiary alicyclic amines) is 1. The lowest BCUT2D eigenvalue weighted by molar-refractivity contribution is -0.385. The second kappa shape index (κ2) is 7.21. The Morgan fingerprint density at radius 3 is 2.56 bits per heavy atom. The first-order valence-electron chi connectivity index (χ1n) is 8.84. The quantitative estimate of drug-likeness (QED) is 0.670. The molecule has 0 unspecified atom stereocenters. The van der Waals surface area contributed by atoms with Crippen molar-refractivity contribution in [3.63, 3.8) is 0 Å². The van der Waals surface area contributed by atoms with Crippen LogP contribution in [0.1, 0.15) is 54.4 Å². The Bertz CT molecular complexity index is 698. The summed E-state index contributed by atoms with van der Waals surface area (Å²) in [5, 5.41) is 14.0. The zero-order valence-corrected chi connectivity index (χ0v) is 14.4. The number of hydrogen-bond donors (Lipinski definition) is 1. The fourth-order valence-corrected chi connectivity index (χ4v) is 3.81. The van der Waals surface area contributed by atoms with E-state index in [1.165, 1.54) is 18.2 Å². The van der Waals surface area contributed by atoms with Crippen LogP contribution in [0.5, 0.6) is 0 Å². The molecule has 2 fully saturated rings. The summed E-state index contributed by atoms with van der Waals surface area (Å²) in [5.41, 5.74) is 0.833. The van der Waals surface area contributed by atoms with Gasteiger partial charge < -0.3 is 10.2 Å². The van der Waals surface area contributed by atoms with Crippen molar-refractivity contribution in [2.45, 2.75) is 57.5 Å². The van der Waals surface area contributed by atoms with Gasteiger partial charge in [-0.25, -0.2) is 0 Å². The summed E-state index contributed by atoms with van der Waals surface area (Å²) in [6, 6.07) is 4.14. The van der Waals surface area contributed by atoms with Crippen molar-refractivity contribution in [1.82, 2.24) is 10.2 Å². The third kappa shape index (κ3) is 3.65. The van der Waals surface area contributed by atoms with E-state index >= 15 is 0 Å². The number of nitrogens with one attached hydrogen (secondary N) is 1. The van der Waals surface area contributed by atoms with Gasteiger partial charge in [-0.15, -0.1) is 0 Å². The molecule has 0 aromatic heterocycles. The van der Waals surface area contributed by atoms with Crippen molar-refractivity contribution in [2.75, 3.05) is 6.54 Å². The molecule has 25 heavy (non-hydrogen) atoms. The van der Waals surface area contributed by atoms with E-state index in [9.17, 15) is 19.7 Å². The third-order valence-corrected chi connectivity index (χ3v) is 5.16. The molecule has 7 heteroatoms. The predicted octanol–water partition coefficient (Wildman–Crippen LogP) is 2.57. The highest BCUT2D eigenvalue weighted by molar-refractivity contribution is 5.98. The summed E-state index contributed by atoms with van der Waals surface area (Å²) in [6.07, 6.45) is 5.75. The van der Waals surface area contributed by atoms with Gasteiger partial charge in [0.25, 0.3) is 11.6 Å². The van der Waals surface area contributed by atoms with Gasteiger partial charge in [0.15, 0.2) is 0 Å². The van der Waals surface area contributed by atoms with E-state index in [2.05, 4.69) is 5.32 Å². The van der Waals surface area contributed by atoms with Crippen LogP contribution in [0.25, 0.3) is 0 Å². The van der Waals surface area contributed by atoms with E-state index in [0.29, 0.717) is 24.1 Å². The summed E-state index contributed by atoms with van der Waals surface area (Å²) < 4.78 is 0. The average Bonchev–Trinajstić information content (AvgIpc) is 3.24. The molecule has 1 aliphatic heterocycles. The van der Waals surface area contributed by atoms with Gasteiger partial charge in [-0.1, -0.05) is 12.8 Å². The van der Waals surface area contributed by atoms with Crippen molar-refractivity contribution in [3.8, 4) is 0 Å². The molecule has 0 bridgehead atoms. The van der Waals surface area contributed by atoms with E-state index in [4.69, 9.17) is 0 Å². The fraction of sp³-hybridized carbons (Fsp3) is 0.556. The molecule has 7 nitrogen and oxygen atoms in total. The number of aryl methyl sites for hydroxylation is 1. The summed E-state index contributed by atoms with van der Waals surface area (Å²) in [6.45, 7) is 2.15. The van der Waals surface area contributed by atoms with Gasteiger partial charge in [-0.3, -0.25) is 19.7 Å². The van der Waals surface area contributed by atoms with Crippen LogP contribution in [0.3, 0.4) is 0 Å². The topological polar surface area (TPSA) is 92.6 Å². The Morgan fingerprint density at radius 2 is 1.92 bits per heavy atom. The second-order valence-corrected chi connectivity index (χ2v) is 6.90. The Morgan fingerprint density at radius 1 is 1.20 bits per heavy atom. The van der Waals surface area contributed by atoms with Crippen molar-refractivity contribution >= 4 is 17.5 Å². The number of amides is 2. The second-order valence-electron chi connectivity index (χ2n) is 6.90. The SMILES string of the molecule is Cc1cc(C(=O)N2CCC[C@H]2C(=O)NC2CCCC2)ccc1[N+](=O)[O-]. The lowest BCUT2D eigenvalue weighted by atomic mass is 10.1. The molecule has 1 N–H and O–H groups in total. The van der Waals surface area contributed by atoms with Crippen LogP contribution in [-0.2, 0) is 4.79 Å². The Kier molecular flexibility index (Phi) is 5.01. The van der Waals surface area contributed by atoms with E-state index < -0.39 is 11.0 Å². The standard InChI is InChI=1S/C18H23N3O4/c1-12-11-13(8-9-15(12)21(24)25)18(23)20-10-4-7-16(20)17(22)19-14-5-2-3-6-14/h8-9,11,14,16H,2-7,10H2,1H3,(H,19,22)/t16-/m0/s1. The third-order valence-electron chi connectivity index (χ3n) is 5.16. The molecule has 1 aromatic carbocycles. The van der Waals surface area contributed by atoms with Crippen LogP contribution in [0.4, 0.5) is 5.69 Å². The molecule has 134 valence electrons. The summed E-state index contributed by atoms with van der Waals surface area (Å²) in [7, 11) is 0. The molecule has 3 rings (SSSR count). The van der Waals surface area contributed by atoms with Gasteiger partial charge in [0, 0.05) is 29.8 Å². The van der Waals surface area contributed by atoms with Gasteiger partial charge in [-0.2, -0.15) is 0 Å². The molecular weight excluding hydrogens is 322 g/mol. The van der Waals surface area contributed by atoms with Crippen LogP contribution >= 0.6 is 0 Å². The number of nitro benzene ring substituents is 1. The number of hydrogen-bond acceptors (Lipinski definition) is 4. The predicted molar refractivity (Wildman–Crippen MR) is 92.3 cm³/mol. The highest BCUT2D eigenvalue weighted by Crippen LogP contribution is 2.25.